The normalized spacial score (nSPS) is 20.3. The average Bonchev–Trinajstić information content (AvgIpc) is 3.11. The number of piperidine rings is 1. The molecule has 0 spiro atoms. The number of hydrogen-bond acceptors (Lipinski definition) is 4. The molecular formula is C20H29N5O3. The van der Waals surface area contributed by atoms with E-state index in [0.717, 1.165) is 37.4 Å². The lowest BCUT2D eigenvalue weighted by Crippen LogP contribution is -2.49. The number of rotatable bonds is 5. The highest BCUT2D eigenvalue weighted by atomic mass is 16.5. The Bertz CT molecular complexity index is 730. The minimum Gasteiger partial charge on any atom is -0.497 e. The zero-order chi connectivity index (χ0) is 19.9. The Morgan fingerprint density at radius 2 is 2.07 bits per heavy atom. The molecule has 3 rings (SSSR count). The molecule has 2 amide bonds. The number of amides is 2. The predicted molar refractivity (Wildman–Crippen MR) is 109 cm³/mol. The maximum Gasteiger partial charge on any atom is 0.241 e. The zero-order valence-corrected chi connectivity index (χ0v) is 16.6. The Morgan fingerprint density at radius 1 is 1.29 bits per heavy atom. The zero-order valence-electron chi connectivity index (χ0n) is 16.6. The molecule has 0 saturated carbocycles. The second kappa shape index (κ2) is 9.43. The van der Waals surface area contributed by atoms with E-state index >= 15 is 0 Å². The molecule has 2 fully saturated rings. The molecule has 1 aromatic carbocycles. The van der Waals surface area contributed by atoms with Crippen LogP contribution in [0.15, 0.2) is 29.3 Å². The van der Waals surface area contributed by atoms with Crippen molar-refractivity contribution >= 4 is 23.5 Å². The van der Waals surface area contributed by atoms with Crippen molar-refractivity contribution in [1.29, 1.82) is 0 Å². The predicted octanol–water partition coefficient (Wildman–Crippen LogP) is 0.978. The van der Waals surface area contributed by atoms with Gasteiger partial charge in [-0.2, -0.15) is 0 Å². The van der Waals surface area contributed by atoms with Gasteiger partial charge in [0.25, 0.3) is 0 Å². The lowest BCUT2D eigenvalue weighted by Gasteiger charge is -2.27. The van der Waals surface area contributed by atoms with Crippen LogP contribution >= 0.6 is 0 Å². The van der Waals surface area contributed by atoms with Gasteiger partial charge in [-0.3, -0.25) is 14.6 Å². The van der Waals surface area contributed by atoms with Crippen molar-refractivity contribution in [3.63, 3.8) is 0 Å². The van der Waals surface area contributed by atoms with E-state index in [1.54, 1.807) is 19.1 Å². The van der Waals surface area contributed by atoms with E-state index in [9.17, 15) is 9.59 Å². The molecule has 2 saturated heterocycles. The number of nitrogens with zero attached hydrogens (tertiary/aromatic N) is 3. The van der Waals surface area contributed by atoms with Crippen molar-refractivity contribution in [3.05, 3.63) is 24.3 Å². The summed E-state index contributed by atoms with van der Waals surface area (Å²) in [6.45, 7) is 2.41. The van der Waals surface area contributed by atoms with Gasteiger partial charge in [-0.05, 0) is 31.4 Å². The summed E-state index contributed by atoms with van der Waals surface area (Å²) in [5, 5.41) is 6.34. The topological polar surface area (TPSA) is 86.3 Å². The van der Waals surface area contributed by atoms with Crippen molar-refractivity contribution in [2.45, 2.75) is 31.7 Å². The molecule has 2 aliphatic heterocycles. The van der Waals surface area contributed by atoms with Crippen molar-refractivity contribution < 1.29 is 14.3 Å². The first-order chi connectivity index (χ1) is 13.6. The highest BCUT2D eigenvalue weighted by Gasteiger charge is 2.31. The van der Waals surface area contributed by atoms with Crippen LogP contribution in [0.5, 0.6) is 5.75 Å². The quantitative estimate of drug-likeness (QED) is 0.581. The number of benzene rings is 1. The van der Waals surface area contributed by atoms with Crippen LogP contribution in [0.3, 0.4) is 0 Å². The van der Waals surface area contributed by atoms with Crippen LogP contribution in [0.4, 0.5) is 5.69 Å². The fourth-order valence-electron chi connectivity index (χ4n) is 3.63. The van der Waals surface area contributed by atoms with Crippen LogP contribution in [0.25, 0.3) is 0 Å². The van der Waals surface area contributed by atoms with Crippen molar-refractivity contribution in [3.8, 4) is 5.75 Å². The van der Waals surface area contributed by atoms with Crippen molar-refractivity contribution in [2.75, 3.05) is 45.2 Å². The summed E-state index contributed by atoms with van der Waals surface area (Å²) in [5.41, 5.74) is 0.817. The summed E-state index contributed by atoms with van der Waals surface area (Å²) in [6, 6.07) is 7.40. The Labute approximate surface area is 165 Å². The van der Waals surface area contributed by atoms with E-state index < -0.39 is 0 Å². The number of methoxy groups -OCH3 is 1. The number of guanidine groups is 1. The Morgan fingerprint density at radius 3 is 2.79 bits per heavy atom. The van der Waals surface area contributed by atoms with E-state index in [4.69, 9.17) is 4.74 Å². The van der Waals surface area contributed by atoms with E-state index in [2.05, 4.69) is 15.6 Å². The minimum atomic E-state index is -0.0741. The molecule has 152 valence electrons. The molecule has 0 radical (unpaired) electrons. The number of aliphatic imine (C=N–C) groups is 1. The number of carbonyl (C=O) groups excluding carboxylic acids is 2. The highest BCUT2D eigenvalue weighted by Crippen LogP contribution is 2.25. The molecule has 0 aromatic heterocycles. The molecule has 28 heavy (non-hydrogen) atoms. The van der Waals surface area contributed by atoms with Gasteiger partial charge >= 0.3 is 0 Å². The molecule has 1 unspecified atom stereocenters. The average molecular weight is 387 g/mol. The molecule has 2 aliphatic rings. The van der Waals surface area contributed by atoms with Crippen LogP contribution in [0.2, 0.25) is 0 Å². The second-order valence-corrected chi connectivity index (χ2v) is 7.12. The molecule has 1 atom stereocenters. The van der Waals surface area contributed by atoms with Gasteiger partial charge in [-0.1, -0.05) is 6.07 Å². The van der Waals surface area contributed by atoms with Crippen LogP contribution in [0, 0.1) is 0 Å². The number of hydrogen-bond donors (Lipinski definition) is 2. The third kappa shape index (κ3) is 4.94. The fourth-order valence-corrected chi connectivity index (χ4v) is 3.63. The Hall–Kier alpha value is -2.77. The van der Waals surface area contributed by atoms with E-state index in [0.29, 0.717) is 18.9 Å². The van der Waals surface area contributed by atoms with Gasteiger partial charge in [-0.25, -0.2) is 0 Å². The van der Waals surface area contributed by atoms with Gasteiger partial charge in [0, 0.05) is 44.9 Å². The Balaban J connectivity index is 1.52. The maximum atomic E-state index is 12.5. The first-order valence-corrected chi connectivity index (χ1v) is 9.80. The van der Waals surface area contributed by atoms with Gasteiger partial charge in [0.1, 0.15) is 5.75 Å². The van der Waals surface area contributed by atoms with E-state index in [1.165, 1.54) is 6.42 Å². The van der Waals surface area contributed by atoms with Crippen molar-refractivity contribution in [1.82, 2.24) is 15.5 Å². The van der Waals surface area contributed by atoms with Crippen LogP contribution in [-0.2, 0) is 9.59 Å². The summed E-state index contributed by atoms with van der Waals surface area (Å²) < 4.78 is 5.24. The number of anilines is 1. The van der Waals surface area contributed by atoms with Crippen LogP contribution in [0.1, 0.15) is 25.7 Å². The standard InChI is InChI=1S/C20H29N5O3/c1-21-20(22-13-19(27)24-9-4-3-5-10-24)23-15-11-18(26)25(14-15)16-7-6-8-17(12-16)28-2/h6-8,12,15H,3-5,9-11,13-14H2,1-2H3,(H2,21,22,23). The molecule has 8 nitrogen and oxygen atoms in total. The Kier molecular flexibility index (Phi) is 6.73. The summed E-state index contributed by atoms with van der Waals surface area (Å²) in [6.07, 6.45) is 3.71. The molecule has 0 aliphatic carbocycles. The highest BCUT2D eigenvalue weighted by molar-refractivity contribution is 5.97. The largest absolute Gasteiger partial charge is 0.497 e. The molecule has 0 bridgehead atoms. The maximum absolute atomic E-state index is 12.5. The lowest BCUT2D eigenvalue weighted by molar-refractivity contribution is -0.130. The third-order valence-electron chi connectivity index (χ3n) is 5.17. The van der Waals surface area contributed by atoms with E-state index in [1.807, 2.05) is 29.2 Å². The monoisotopic (exact) mass is 387 g/mol. The summed E-state index contributed by atoms with van der Waals surface area (Å²) >= 11 is 0. The molecule has 2 heterocycles. The summed E-state index contributed by atoms with van der Waals surface area (Å²) in [4.78, 5) is 32.6. The van der Waals surface area contributed by atoms with Crippen molar-refractivity contribution in [2.24, 2.45) is 4.99 Å². The van der Waals surface area contributed by atoms with Gasteiger partial charge in [0.2, 0.25) is 11.8 Å². The fraction of sp³-hybridized carbons (Fsp3) is 0.550. The summed E-state index contributed by atoms with van der Waals surface area (Å²) in [5.74, 6) is 1.39. The van der Waals surface area contributed by atoms with E-state index in [-0.39, 0.29) is 24.4 Å². The van der Waals surface area contributed by atoms with Gasteiger partial charge in [0.15, 0.2) is 5.96 Å². The first kappa shape index (κ1) is 20.0. The first-order valence-electron chi connectivity index (χ1n) is 9.80. The number of likely N-dealkylation sites (tertiary alicyclic amines) is 1. The number of carbonyl (C=O) groups is 2. The molecular weight excluding hydrogens is 358 g/mol. The molecule has 8 heteroatoms. The van der Waals surface area contributed by atoms with Gasteiger partial charge < -0.3 is 25.2 Å². The summed E-state index contributed by atoms with van der Waals surface area (Å²) in [7, 11) is 3.27. The van der Waals surface area contributed by atoms with Gasteiger partial charge in [0.05, 0.1) is 19.7 Å². The second-order valence-electron chi connectivity index (χ2n) is 7.12. The smallest absolute Gasteiger partial charge is 0.241 e. The number of nitrogens with one attached hydrogen (secondary N) is 2. The molecule has 1 aromatic rings. The minimum absolute atomic E-state index is 0.0469. The molecule has 2 N–H and O–H groups in total. The number of ether oxygens (including phenoxy) is 1. The van der Waals surface area contributed by atoms with Crippen LogP contribution in [-0.4, -0.2) is 69.1 Å². The lowest BCUT2D eigenvalue weighted by atomic mass is 10.1. The van der Waals surface area contributed by atoms with Crippen LogP contribution < -0.4 is 20.3 Å². The third-order valence-corrected chi connectivity index (χ3v) is 5.17. The van der Waals surface area contributed by atoms with Gasteiger partial charge in [-0.15, -0.1) is 0 Å². The SMILES string of the molecule is CN=C(NCC(=O)N1CCCCC1)NC1CC(=O)N(c2cccc(OC)c2)C1.